The van der Waals surface area contributed by atoms with Gasteiger partial charge in [0, 0.05) is 24.6 Å². The fourth-order valence-electron chi connectivity index (χ4n) is 2.24. The van der Waals surface area contributed by atoms with Gasteiger partial charge in [0.05, 0.1) is 22.6 Å². The smallest absolute Gasteiger partial charge is 0.152 e. The maximum absolute atomic E-state index is 11.5. The van der Waals surface area contributed by atoms with Crippen molar-refractivity contribution in [2.24, 2.45) is 0 Å². The summed E-state index contributed by atoms with van der Waals surface area (Å²) < 4.78 is 24.9. The SMILES string of the molecule is CCn1nc(CC(O)C(C)S(C)(=O)=O)c2ccccc21. The minimum absolute atomic E-state index is 0.238. The van der Waals surface area contributed by atoms with Gasteiger partial charge in [-0.2, -0.15) is 5.10 Å². The van der Waals surface area contributed by atoms with Crippen molar-refractivity contribution in [3.05, 3.63) is 30.0 Å². The van der Waals surface area contributed by atoms with Gasteiger partial charge in [-0.15, -0.1) is 0 Å². The monoisotopic (exact) mass is 296 g/mol. The Balaban J connectivity index is 2.35. The highest BCUT2D eigenvalue weighted by molar-refractivity contribution is 7.91. The quantitative estimate of drug-likeness (QED) is 0.905. The minimum Gasteiger partial charge on any atom is -0.391 e. The number of para-hydroxylation sites is 1. The fraction of sp³-hybridized carbons (Fsp3) is 0.500. The molecule has 0 aliphatic rings. The lowest BCUT2D eigenvalue weighted by Crippen LogP contribution is -2.32. The molecule has 0 saturated carbocycles. The number of aliphatic hydroxyl groups excluding tert-OH is 1. The molecule has 0 saturated heterocycles. The first-order valence-electron chi connectivity index (χ1n) is 6.66. The summed E-state index contributed by atoms with van der Waals surface area (Å²) in [4.78, 5) is 0. The Hall–Kier alpha value is -1.40. The van der Waals surface area contributed by atoms with E-state index < -0.39 is 21.2 Å². The maximum Gasteiger partial charge on any atom is 0.152 e. The zero-order chi connectivity index (χ0) is 14.9. The maximum atomic E-state index is 11.5. The number of aryl methyl sites for hydroxylation is 1. The molecule has 1 heterocycles. The van der Waals surface area contributed by atoms with Crippen molar-refractivity contribution in [1.29, 1.82) is 0 Å². The van der Waals surface area contributed by atoms with E-state index in [1.165, 1.54) is 6.92 Å². The molecule has 0 amide bonds. The van der Waals surface area contributed by atoms with Gasteiger partial charge < -0.3 is 5.11 Å². The summed E-state index contributed by atoms with van der Waals surface area (Å²) in [5.41, 5.74) is 1.75. The van der Waals surface area contributed by atoms with E-state index in [0.717, 1.165) is 29.4 Å². The molecule has 110 valence electrons. The Morgan fingerprint density at radius 1 is 1.35 bits per heavy atom. The normalized spacial score (nSPS) is 15.4. The lowest BCUT2D eigenvalue weighted by atomic mass is 10.1. The van der Waals surface area contributed by atoms with Crippen molar-refractivity contribution in [1.82, 2.24) is 9.78 Å². The Bertz CT molecular complexity index is 706. The third-order valence-electron chi connectivity index (χ3n) is 3.65. The number of hydrogen-bond acceptors (Lipinski definition) is 4. The van der Waals surface area contributed by atoms with Crippen molar-refractivity contribution in [3.63, 3.8) is 0 Å². The number of rotatable bonds is 5. The van der Waals surface area contributed by atoms with E-state index >= 15 is 0 Å². The second-order valence-electron chi connectivity index (χ2n) is 5.09. The number of fused-ring (bicyclic) bond motifs is 1. The predicted octanol–water partition coefficient (Wildman–Crippen LogP) is 1.39. The number of sulfone groups is 1. The van der Waals surface area contributed by atoms with Crippen LogP contribution in [-0.2, 0) is 22.8 Å². The highest BCUT2D eigenvalue weighted by Crippen LogP contribution is 2.21. The van der Waals surface area contributed by atoms with Crippen molar-refractivity contribution in [2.45, 2.75) is 38.2 Å². The molecular weight excluding hydrogens is 276 g/mol. The zero-order valence-electron chi connectivity index (χ0n) is 11.9. The van der Waals surface area contributed by atoms with Gasteiger partial charge in [0.25, 0.3) is 0 Å². The van der Waals surface area contributed by atoms with Crippen molar-refractivity contribution in [3.8, 4) is 0 Å². The van der Waals surface area contributed by atoms with Crippen LogP contribution in [0.4, 0.5) is 0 Å². The molecule has 0 radical (unpaired) electrons. The number of nitrogens with zero attached hydrogens (tertiary/aromatic N) is 2. The standard InChI is InChI=1S/C14H20N2O3S/c1-4-16-13-8-6-5-7-11(13)12(15-16)9-14(17)10(2)20(3,18)19/h5-8,10,14,17H,4,9H2,1-3H3. The van der Waals surface area contributed by atoms with Crippen LogP contribution < -0.4 is 0 Å². The van der Waals surface area contributed by atoms with E-state index in [-0.39, 0.29) is 6.42 Å². The molecule has 5 nitrogen and oxygen atoms in total. The minimum atomic E-state index is -3.26. The topological polar surface area (TPSA) is 72.2 Å². The average Bonchev–Trinajstić information content (AvgIpc) is 2.75. The molecule has 0 spiro atoms. The first-order valence-corrected chi connectivity index (χ1v) is 8.61. The highest BCUT2D eigenvalue weighted by Gasteiger charge is 2.25. The van der Waals surface area contributed by atoms with Gasteiger partial charge in [0.2, 0.25) is 0 Å². The molecule has 1 N–H and O–H groups in total. The summed E-state index contributed by atoms with van der Waals surface area (Å²) in [6.45, 7) is 4.26. The predicted molar refractivity (Wildman–Crippen MR) is 79.4 cm³/mol. The second kappa shape index (κ2) is 5.54. The van der Waals surface area contributed by atoms with Crippen LogP contribution in [0, 0.1) is 0 Å². The second-order valence-corrected chi connectivity index (χ2v) is 7.49. The van der Waals surface area contributed by atoms with E-state index in [1.54, 1.807) is 0 Å². The molecule has 1 aromatic carbocycles. The molecule has 2 atom stereocenters. The molecule has 1 aromatic heterocycles. The molecular formula is C14H20N2O3S. The molecule has 0 bridgehead atoms. The number of aliphatic hydroxyl groups is 1. The van der Waals surface area contributed by atoms with Crippen LogP contribution >= 0.6 is 0 Å². The van der Waals surface area contributed by atoms with Gasteiger partial charge in [-0.1, -0.05) is 18.2 Å². The van der Waals surface area contributed by atoms with E-state index in [4.69, 9.17) is 0 Å². The molecule has 2 aromatic rings. The molecule has 0 aliphatic carbocycles. The molecule has 0 fully saturated rings. The van der Waals surface area contributed by atoms with Gasteiger partial charge in [0.1, 0.15) is 0 Å². The van der Waals surface area contributed by atoms with Crippen LogP contribution in [-0.4, -0.2) is 40.9 Å². The van der Waals surface area contributed by atoms with E-state index in [1.807, 2.05) is 35.9 Å². The lowest BCUT2D eigenvalue weighted by molar-refractivity contribution is 0.172. The summed E-state index contributed by atoms with van der Waals surface area (Å²) >= 11 is 0. The van der Waals surface area contributed by atoms with Crippen LogP contribution in [0.5, 0.6) is 0 Å². The number of hydrogen-bond donors (Lipinski definition) is 1. The highest BCUT2D eigenvalue weighted by atomic mass is 32.2. The molecule has 20 heavy (non-hydrogen) atoms. The van der Waals surface area contributed by atoms with Gasteiger partial charge >= 0.3 is 0 Å². The zero-order valence-corrected chi connectivity index (χ0v) is 12.8. The van der Waals surface area contributed by atoms with Crippen molar-refractivity contribution in [2.75, 3.05) is 6.26 Å². The molecule has 2 rings (SSSR count). The number of benzene rings is 1. The van der Waals surface area contributed by atoms with Crippen molar-refractivity contribution < 1.29 is 13.5 Å². The Kier molecular flexibility index (Phi) is 4.15. The van der Waals surface area contributed by atoms with Crippen LogP contribution in [0.2, 0.25) is 0 Å². The summed E-state index contributed by atoms with van der Waals surface area (Å²) in [5, 5.41) is 14.8. The molecule has 0 aliphatic heterocycles. The summed E-state index contributed by atoms with van der Waals surface area (Å²) in [6, 6.07) is 7.78. The van der Waals surface area contributed by atoms with Crippen molar-refractivity contribution >= 4 is 20.7 Å². The summed E-state index contributed by atoms with van der Waals surface area (Å²) in [7, 11) is -3.26. The van der Waals surface area contributed by atoms with Crippen LogP contribution in [0.1, 0.15) is 19.5 Å². The van der Waals surface area contributed by atoms with Gasteiger partial charge in [-0.25, -0.2) is 8.42 Å². The van der Waals surface area contributed by atoms with Gasteiger partial charge in [-0.3, -0.25) is 4.68 Å². The largest absolute Gasteiger partial charge is 0.391 e. The molecule has 6 heteroatoms. The van der Waals surface area contributed by atoms with Gasteiger partial charge in [-0.05, 0) is 19.9 Å². The van der Waals surface area contributed by atoms with E-state index in [2.05, 4.69) is 5.10 Å². The summed E-state index contributed by atoms with van der Waals surface area (Å²) in [6.07, 6.45) is 0.430. The van der Waals surface area contributed by atoms with E-state index in [9.17, 15) is 13.5 Å². The van der Waals surface area contributed by atoms with Gasteiger partial charge in [0.15, 0.2) is 9.84 Å². The molecule has 2 unspecified atom stereocenters. The van der Waals surface area contributed by atoms with E-state index in [0.29, 0.717) is 0 Å². The Morgan fingerprint density at radius 2 is 2.00 bits per heavy atom. The van der Waals surface area contributed by atoms with Crippen LogP contribution in [0.15, 0.2) is 24.3 Å². The number of aromatic nitrogens is 2. The Labute approximate surface area is 119 Å². The first-order chi connectivity index (χ1) is 9.34. The fourth-order valence-corrected chi connectivity index (χ4v) is 2.90. The summed E-state index contributed by atoms with van der Waals surface area (Å²) in [5.74, 6) is 0. The average molecular weight is 296 g/mol. The third-order valence-corrected chi connectivity index (χ3v) is 5.32. The Morgan fingerprint density at radius 3 is 2.60 bits per heavy atom. The lowest BCUT2D eigenvalue weighted by Gasteiger charge is -2.16. The van der Waals surface area contributed by atoms with Crippen LogP contribution in [0.25, 0.3) is 10.9 Å². The first kappa shape index (κ1) is 15.0. The van der Waals surface area contributed by atoms with Crippen LogP contribution in [0.3, 0.4) is 0 Å². The third kappa shape index (κ3) is 2.86.